The number of nitrogens with zero attached hydrogens (tertiary/aromatic N) is 2. The van der Waals surface area contributed by atoms with E-state index in [1.807, 2.05) is 13.0 Å². The zero-order chi connectivity index (χ0) is 11.1. The summed E-state index contributed by atoms with van der Waals surface area (Å²) in [4.78, 5) is 8.22. The quantitative estimate of drug-likeness (QED) is 0.551. The van der Waals surface area contributed by atoms with Crippen molar-refractivity contribution in [2.75, 3.05) is 12.4 Å². The van der Waals surface area contributed by atoms with Crippen LogP contribution in [-0.4, -0.2) is 22.3 Å². The van der Waals surface area contributed by atoms with Gasteiger partial charge in [0.25, 0.3) is 0 Å². The lowest BCUT2D eigenvalue weighted by Gasteiger charge is -2.05. The molecule has 1 aromatic heterocycles. The fourth-order valence-corrected chi connectivity index (χ4v) is 2.13. The Balaban J connectivity index is 2.43. The lowest BCUT2D eigenvalue weighted by molar-refractivity contribution is 0.325. The van der Waals surface area contributed by atoms with E-state index in [2.05, 4.69) is 23.8 Å². The second kappa shape index (κ2) is 6.67. The first-order valence-electron chi connectivity index (χ1n) is 5.30. The molecule has 0 aliphatic carbocycles. The maximum Gasteiger partial charge on any atom is 0.217 e. The third kappa shape index (κ3) is 5.02. The first-order chi connectivity index (χ1) is 7.22. The van der Waals surface area contributed by atoms with Crippen molar-refractivity contribution in [3.63, 3.8) is 0 Å². The fraction of sp³-hybridized carbons (Fsp3) is 0.636. The molecule has 0 fully saturated rings. The molecule has 1 heterocycles. The summed E-state index contributed by atoms with van der Waals surface area (Å²) >= 11 is 1.76. The van der Waals surface area contributed by atoms with Gasteiger partial charge in [0, 0.05) is 6.07 Å². The third-order valence-electron chi connectivity index (χ3n) is 1.85. The van der Waals surface area contributed by atoms with Crippen molar-refractivity contribution in [1.82, 2.24) is 9.97 Å². The number of rotatable bonds is 6. The molecule has 0 aromatic carbocycles. The van der Waals surface area contributed by atoms with Gasteiger partial charge >= 0.3 is 0 Å². The van der Waals surface area contributed by atoms with Gasteiger partial charge in [-0.25, -0.2) is 9.97 Å². The van der Waals surface area contributed by atoms with Crippen LogP contribution in [0.2, 0.25) is 0 Å². The minimum atomic E-state index is 0.646. The Labute approximate surface area is 95.7 Å². The summed E-state index contributed by atoms with van der Waals surface area (Å²) < 4.78 is 5.31. The van der Waals surface area contributed by atoms with Crippen LogP contribution >= 0.6 is 11.8 Å². The van der Waals surface area contributed by atoms with Gasteiger partial charge in [-0.3, -0.25) is 0 Å². The van der Waals surface area contributed by atoms with Crippen molar-refractivity contribution in [2.45, 2.75) is 32.2 Å². The Hall–Kier alpha value is -0.770. The second-order valence-electron chi connectivity index (χ2n) is 3.66. The van der Waals surface area contributed by atoms with E-state index < -0.39 is 0 Å². The Bertz CT molecular complexity index is 292. The van der Waals surface area contributed by atoms with Gasteiger partial charge in [0.2, 0.25) is 5.88 Å². The van der Waals surface area contributed by atoms with E-state index >= 15 is 0 Å². The smallest absolute Gasteiger partial charge is 0.217 e. The molecule has 0 atom stereocenters. The van der Waals surface area contributed by atoms with E-state index in [-0.39, 0.29) is 0 Å². The molecule has 0 aliphatic heterocycles. The lowest BCUT2D eigenvalue weighted by Crippen LogP contribution is -1.96. The maximum absolute atomic E-state index is 5.31. The maximum atomic E-state index is 5.31. The summed E-state index contributed by atoms with van der Waals surface area (Å²) in [6.07, 6.45) is 2.77. The Morgan fingerprint density at radius 1 is 1.40 bits per heavy atom. The van der Waals surface area contributed by atoms with Crippen LogP contribution in [0.25, 0.3) is 0 Å². The highest BCUT2D eigenvalue weighted by atomic mass is 32.2. The molecule has 4 heteroatoms. The average molecular weight is 226 g/mol. The Kier molecular flexibility index (Phi) is 5.47. The number of hydrogen-bond acceptors (Lipinski definition) is 4. The summed E-state index contributed by atoms with van der Waals surface area (Å²) in [6, 6.07) is 1.90. The van der Waals surface area contributed by atoms with Crippen LogP contribution in [0.5, 0.6) is 5.88 Å². The molecule has 0 radical (unpaired) electrons. The average Bonchev–Trinajstić information content (AvgIpc) is 2.18. The van der Waals surface area contributed by atoms with Gasteiger partial charge in [-0.2, -0.15) is 0 Å². The van der Waals surface area contributed by atoms with Crippen molar-refractivity contribution in [2.24, 2.45) is 5.92 Å². The van der Waals surface area contributed by atoms with Crippen LogP contribution in [0.4, 0.5) is 0 Å². The highest BCUT2D eigenvalue weighted by Gasteiger charge is 2.01. The van der Waals surface area contributed by atoms with Crippen molar-refractivity contribution < 1.29 is 4.74 Å². The van der Waals surface area contributed by atoms with E-state index in [1.54, 1.807) is 18.1 Å². The molecule has 0 aliphatic rings. The van der Waals surface area contributed by atoms with Crippen LogP contribution in [-0.2, 0) is 0 Å². The molecule has 0 saturated heterocycles. The summed E-state index contributed by atoms with van der Waals surface area (Å²) in [5.41, 5.74) is 0. The molecule has 0 saturated carbocycles. The van der Waals surface area contributed by atoms with Gasteiger partial charge in [0.05, 0.1) is 6.61 Å². The van der Waals surface area contributed by atoms with Gasteiger partial charge in [-0.1, -0.05) is 13.8 Å². The van der Waals surface area contributed by atoms with E-state index in [0.29, 0.717) is 12.5 Å². The molecular formula is C11H18N2OS. The standard InChI is InChI=1S/C11H18N2OS/c1-4-14-10-7-11(13-8-12-10)15-6-5-9(2)3/h7-9H,4-6H2,1-3H3. The van der Waals surface area contributed by atoms with Crippen molar-refractivity contribution in [3.05, 3.63) is 12.4 Å². The molecule has 0 spiro atoms. The molecule has 3 nitrogen and oxygen atoms in total. The number of hydrogen-bond donors (Lipinski definition) is 0. The van der Waals surface area contributed by atoms with Crippen LogP contribution in [0.3, 0.4) is 0 Å². The second-order valence-corrected chi connectivity index (χ2v) is 4.77. The summed E-state index contributed by atoms with van der Waals surface area (Å²) in [6.45, 7) is 7.05. The minimum Gasteiger partial charge on any atom is -0.478 e. The largest absolute Gasteiger partial charge is 0.478 e. The van der Waals surface area contributed by atoms with Crippen molar-refractivity contribution >= 4 is 11.8 Å². The monoisotopic (exact) mass is 226 g/mol. The molecule has 0 N–H and O–H groups in total. The molecule has 0 unspecified atom stereocenters. The van der Waals surface area contributed by atoms with Crippen LogP contribution in [0.1, 0.15) is 27.2 Å². The third-order valence-corrected chi connectivity index (χ3v) is 2.81. The normalized spacial score (nSPS) is 10.7. The predicted octanol–water partition coefficient (Wildman–Crippen LogP) is 3.01. The van der Waals surface area contributed by atoms with Crippen molar-refractivity contribution in [3.8, 4) is 5.88 Å². The lowest BCUT2D eigenvalue weighted by atomic mass is 10.2. The van der Waals surface area contributed by atoms with Gasteiger partial charge in [-0.05, 0) is 25.0 Å². The molecule has 0 bridgehead atoms. The molecule has 1 aromatic rings. The van der Waals surface area contributed by atoms with E-state index in [0.717, 1.165) is 16.7 Å². The topological polar surface area (TPSA) is 35.0 Å². The minimum absolute atomic E-state index is 0.646. The van der Waals surface area contributed by atoms with E-state index in [1.165, 1.54) is 6.42 Å². The number of ether oxygens (including phenoxy) is 1. The van der Waals surface area contributed by atoms with Gasteiger partial charge in [-0.15, -0.1) is 11.8 Å². The van der Waals surface area contributed by atoms with E-state index in [9.17, 15) is 0 Å². The first-order valence-corrected chi connectivity index (χ1v) is 6.28. The van der Waals surface area contributed by atoms with Crippen LogP contribution in [0, 0.1) is 5.92 Å². The Morgan fingerprint density at radius 3 is 2.87 bits per heavy atom. The predicted molar refractivity (Wildman–Crippen MR) is 63.4 cm³/mol. The zero-order valence-corrected chi connectivity index (χ0v) is 10.4. The number of thioether (sulfide) groups is 1. The summed E-state index contributed by atoms with van der Waals surface area (Å²) in [5, 5.41) is 0.995. The zero-order valence-electron chi connectivity index (χ0n) is 9.56. The fourth-order valence-electron chi connectivity index (χ4n) is 1.03. The molecule has 0 amide bonds. The summed E-state index contributed by atoms with van der Waals surface area (Å²) in [5.74, 6) is 2.51. The highest BCUT2D eigenvalue weighted by molar-refractivity contribution is 7.99. The highest BCUT2D eigenvalue weighted by Crippen LogP contribution is 2.20. The van der Waals surface area contributed by atoms with Gasteiger partial charge in [0.1, 0.15) is 11.4 Å². The Morgan fingerprint density at radius 2 is 2.20 bits per heavy atom. The first kappa shape index (κ1) is 12.3. The molecule has 1 rings (SSSR count). The molecular weight excluding hydrogens is 208 g/mol. The number of aromatic nitrogens is 2. The van der Waals surface area contributed by atoms with Crippen LogP contribution in [0.15, 0.2) is 17.4 Å². The van der Waals surface area contributed by atoms with Gasteiger partial charge in [0.15, 0.2) is 0 Å². The molecule has 84 valence electrons. The van der Waals surface area contributed by atoms with Crippen LogP contribution < -0.4 is 4.74 Å². The van der Waals surface area contributed by atoms with Crippen molar-refractivity contribution in [1.29, 1.82) is 0 Å². The SMILES string of the molecule is CCOc1cc(SCCC(C)C)ncn1. The summed E-state index contributed by atoms with van der Waals surface area (Å²) in [7, 11) is 0. The van der Waals surface area contributed by atoms with Gasteiger partial charge < -0.3 is 4.74 Å². The molecule has 15 heavy (non-hydrogen) atoms. The van der Waals surface area contributed by atoms with E-state index in [4.69, 9.17) is 4.74 Å².